The smallest absolute Gasteiger partial charge is 0.311 e. The predicted molar refractivity (Wildman–Crippen MR) is 131 cm³/mol. The molecule has 1 aromatic heterocycles. The zero-order valence-corrected chi connectivity index (χ0v) is 21.0. The standard InChI is InChI=1S/C25H28ClFN4O5/c1-4-36-31-14-22(29-30-31)23(32)28-19(13-25(2,15-35-3)24(33)34)11-16-5-7-17(8-6-16)20-12-18(26)9-10-21(20)27/h5-10,12,14,19H,4,11,13,15H2,1-3H3,(H,28,32)(H,33,34)/t19-,25+/m1/s1. The summed E-state index contributed by atoms with van der Waals surface area (Å²) in [6.07, 6.45) is 1.75. The van der Waals surface area contributed by atoms with Gasteiger partial charge in [-0.25, -0.2) is 4.39 Å². The van der Waals surface area contributed by atoms with Gasteiger partial charge in [0.1, 0.15) is 18.6 Å². The van der Waals surface area contributed by atoms with Crippen LogP contribution in [0, 0.1) is 11.2 Å². The first-order chi connectivity index (χ1) is 17.1. The van der Waals surface area contributed by atoms with Crippen LogP contribution in [0.15, 0.2) is 48.7 Å². The number of rotatable bonds is 12. The topological polar surface area (TPSA) is 116 Å². The van der Waals surface area contributed by atoms with Crippen LogP contribution >= 0.6 is 11.6 Å². The van der Waals surface area contributed by atoms with Crippen LogP contribution in [-0.4, -0.2) is 58.5 Å². The van der Waals surface area contributed by atoms with Gasteiger partial charge in [0.25, 0.3) is 5.91 Å². The number of halogens is 2. The summed E-state index contributed by atoms with van der Waals surface area (Å²) in [4.78, 5) is 31.1. The Balaban J connectivity index is 1.83. The number of aromatic nitrogens is 3. The van der Waals surface area contributed by atoms with E-state index in [0.29, 0.717) is 29.2 Å². The van der Waals surface area contributed by atoms with Gasteiger partial charge in [-0.3, -0.25) is 9.59 Å². The van der Waals surface area contributed by atoms with Crippen LogP contribution in [0.3, 0.4) is 0 Å². The lowest BCUT2D eigenvalue weighted by Crippen LogP contribution is -2.44. The molecule has 3 rings (SSSR count). The largest absolute Gasteiger partial charge is 0.481 e. The summed E-state index contributed by atoms with van der Waals surface area (Å²) in [6.45, 7) is 3.64. The third-order valence-corrected chi connectivity index (χ3v) is 5.89. The molecule has 2 N–H and O–H groups in total. The summed E-state index contributed by atoms with van der Waals surface area (Å²) in [7, 11) is 1.43. The number of hydrogen-bond acceptors (Lipinski definition) is 6. The highest BCUT2D eigenvalue weighted by molar-refractivity contribution is 6.30. The molecule has 9 nitrogen and oxygen atoms in total. The average Bonchev–Trinajstić information content (AvgIpc) is 3.30. The number of amides is 1. The summed E-state index contributed by atoms with van der Waals surface area (Å²) < 4.78 is 19.4. The van der Waals surface area contributed by atoms with Crippen molar-refractivity contribution in [2.24, 2.45) is 5.41 Å². The van der Waals surface area contributed by atoms with Crippen LogP contribution in [0.25, 0.3) is 11.1 Å². The van der Waals surface area contributed by atoms with Gasteiger partial charge in [-0.2, -0.15) is 0 Å². The molecule has 1 amide bonds. The third kappa shape index (κ3) is 6.79. The number of methoxy groups -OCH3 is 1. The lowest BCUT2D eigenvalue weighted by atomic mass is 9.82. The number of ether oxygens (including phenoxy) is 1. The van der Waals surface area contributed by atoms with Crippen LogP contribution in [-0.2, 0) is 16.0 Å². The molecular weight excluding hydrogens is 491 g/mol. The van der Waals surface area contributed by atoms with Gasteiger partial charge in [0.15, 0.2) is 5.69 Å². The Morgan fingerprint density at radius 1 is 1.25 bits per heavy atom. The highest BCUT2D eigenvalue weighted by Crippen LogP contribution is 2.28. The molecule has 2 atom stereocenters. The van der Waals surface area contributed by atoms with Crippen molar-refractivity contribution in [3.05, 3.63) is 70.8 Å². The van der Waals surface area contributed by atoms with Gasteiger partial charge in [0, 0.05) is 23.7 Å². The van der Waals surface area contributed by atoms with E-state index in [0.717, 1.165) is 10.4 Å². The fourth-order valence-corrected chi connectivity index (χ4v) is 4.05. The van der Waals surface area contributed by atoms with Crippen molar-refractivity contribution in [2.45, 2.75) is 32.7 Å². The molecule has 3 aromatic rings. The molecule has 1 heterocycles. The first-order valence-electron chi connectivity index (χ1n) is 11.3. The normalized spacial score (nSPS) is 13.6. The quantitative estimate of drug-likeness (QED) is 0.376. The van der Waals surface area contributed by atoms with Crippen LogP contribution < -0.4 is 10.2 Å². The maximum Gasteiger partial charge on any atom is 0.311 e. The third-order valence-electron chi connectivity index (χ3n) is 5.65. The summed E-state index contributed by atoms with van der Waals surface area (Å²) >= 11 is 6.01. The molecule has 36 heavy (non-hydrogen) atoms. The molecule has 11 heteroatoms. The van der Waals surface area contributed by atoms with E-state index in [2.05, 4.69) is 15.6 Å². The second kappa shape index (κ2) is 12.0. The molecule has 0 spiro atoms. The van der Waals surface area contributed by atoms with E-state index >= 15 is 0 Å². The molecule has 0 bridgehead atoms. The monoisotopic (exact) mass is 518 g/mol. The molecule has 0 saturated heterocycles. The van der Waals surface area contributed by atoms with E-state index in [-0.39, 0.29) is 18.7 Å². The van der Waals surface area contributed by atoms with E-state index in [1.54, 1.807) is 44.2 Å². The van der Waals surface area contributed by atoms with E-state index in [9.17, 15) is 19.1 Å². The fourth-order valence-electron chi connectivity index (χ4n) is 3.88. The summed E-state index contributed by atoms with van der Waals surface area (Å²) in [5.41, 5.74) is 0.606. The van der Waals surface area contributed by atoms with Gasteiger partial charge in [0.2, 0.25) is 0 Å². The van der Waals surface area contributed by atoms with E-state index in [4.69, 9.17) is 21.2 Å². The van der Waals surface area contributed by atoms with Crippen molar-refractivity contribution in [3.8, 4) is 11.1 Å². The van der Waals surface area contributed by atoms with Crippen LogP contribution in [0.4, 0.5) is 4.39 Å². The van der Waals surface area contributed by atoms with Crippen molar-refractivity contribution in [3.63, 3.8) is 0 Å². The molecule has 0 saturated carbocycles. The van der Waals surface area contributed by atoms with Gasteiger partial charge < -0.3 is 20.0 Å². The van der Waals surface area contributed by atoms with Crippen molar-refractivity contribution in [1.82, 2.24) is 20.5 Å². The van der Waals surface area contributed by atoms with Crippen molar-refractivity contribution in [1.29, 1.82) is 0 Å². The Morgan fingerprint density at radius 2 is 1.97 bits per heavy atom. The molecule has 0 fully saturated rings. The van der Waals surface area contributed by atoms with E-state index in [1.165, 1.54) is 25.4 Å². The SMILES string of the molecule is CCOn1cc(C(=O)N[C@H](Cc2ccc(-c3cc(Cl)ccc3F)cc2)C[C@@](C)(COC)C(=O)O)nn1. The molecule has 0 aliphatic rings. The van der Waals surface area contributed by atoms with Crippen LogP contribution in [0.5, 0.6) is 0 Å². The second-order valence-electron chi connectivity index (χ2n) is 8.62. The molecule has 0 radical (unpaired) electrons. The van der Waals surface area contributed by atoms with E-state index in [1.807, 2.05) is 0 Å². The van der Waals surface area contributed by atoms with Gasteiger partial charge in [-0.15, -0.1) is 5.10 Å². The Morgan fingerprint density at radius 3 is 2.61 bits per heavy atom. The van der Waals surface area contributed by atoms with Crippen molar-refractivity contribution >= 4 is 23.5 Å². The number of carbonyl (C=O) groups excluding carboxylic acids is 1. The Hall–Kier alpha value is -3.50. The lowest BCUT2D eigenvalue weighted by molar-refractivity contribution is -0.152. The molecule has 0 aliphatic carbocycles. The Bertz CT molecular complexity index is 1200. The predicted octanol–water partition coefficient (Wildman–Crippen LogP) is 3.65. The maximum atomic E-state index is 14.3. The van der Waals surface area contributed by atoms with Gasteiger partial charge in [-0.05, 0) is 61.2 Å². The van der Waals surface area contributed by atoms with Crippen molar-refractivity contribution < 1.29 is 28.7 Å². The van der Waals surface area contributed by atoms with Crippen LogP contribution in [0.1, 0.15) is 36.3 Å². The Labute approximate surface area is 213 Å². The average molecular weight is 519 g/mol. The zero-order valence-electron chi connectivity index (χ0n) is 20.2. The number of benzene rings is 2. The number of nitrogens with zero attached hydrogens (tertiary/aromatic N) is 3. The minimum absolute atomic E-state index is 0.0315. The van der Waals surface area contributed by atoms with Gasteiger partial charge in [0.05, 0.1) is 12.0 Å². The van der Waals surface area contributed by atoms with Gasteiger partial charge in [-0.1, -0.05) is 40.7 Å². The molecule has 2 aromatic carbocycles. The number of carboxylic acids is 1. The van der Waals surface area contributed by atoms with E-state index < -0.39 is 29.2 Å². The maximum absolute atomic E-state index is 14.3. The zero-order chi connectivity index (χ0) is 26.3. The van der Waals surface area contributed by atoms with Crippen LogP contribution in [0.2, 0.25) is 5.02 Å². The summed E-state index contributed by atoms with van der Waals surface area (Å²) in [5.74, 6) is -1.96. The summed E-state index contributed by atoms with van der Waals surface area (Å²) in [5, 5.41) is 20.6. The minimum atomic E-state index is -1.25. The number of aliphatic carboxylic acids is 1. The molecule has 0 aliphatic heterocycles. The number of hydrogen-bond donors (Lipinski definition) is 2. The molecule has 0 unspecified atom stereocenters. The highest BCUT2D eigenvalue weighted by Gasteiger charge is 2.37. The summed E-state index contributed by atoms with van der Waals surface area (Å²) in [6, 6.07) is 10.9. The molecular formula is C25H28ClFN4O5. The van der Waals surface area contributed by atoms with Crippen molar-refractivity contribution in [2.75, 3.05) is 20.3 Å². The van der Waals surface area contributed by atoms with Gasteiger partial charge >= 0.3 is 5.97 Å². The number of nitrogens with one attached hydrogen (secondary N) is 1. The highest BCUT2D eigenvalue weighted by atomic mass is 35.5. The Kier molecular flexibility index (Phi) is 9.00. The second-order valence-corrected chi connectivity index (χ2v) is 9.06. The first kappa shape index (κ1) is 27.1. The lowest BCUT2D eigenvalue weighted by Gasteiger charge is -2.29. The molecule has 192 valence electrons. The minimum Gasteiger partial charge on any atom is -0.481 e. The number of carbonyl (C=O) groups is 2. The fraction of sp³-hybridized carbons (Fsp3) is 0.360. The number of carboxylic acid groups (broad SMARTS) is 1. The first-order valence-corrected chi connectivity index (χ1v) is 11.7.